The van der Waals surface area contributed by atoms with Crippen LogP contribution in [0.2, 0.25) is 0 Å². The smallest absolute Gasteiger partial charge is 0.306 e. The van der Waals surface area contributed by atoms with Gasteiger partial charge in [-0.3, -0.25) is 9.36 Å². The standard InChI is InChI=1S/C44H86NO7P/c1-6-8-10-12-14-16-18-20-22-23-24-25-27-29-31-33-35-37-44(46)52-43(42-51-53(47,48)50-40-38-45(3,4)5)41-49-39-36-34-32-30-28-26-21-19-17-15-13-11-9-7-2/h30-33,43H,6-29,34-42H2,1-5H3/b32-30-,33-31-. The van der Waals surface area contributed by atoms with Crippen molar-refractivity contribution in [2.75, 3.05) is 54.1 Å². The third kappa shape index (κ3) is 42.0. The summed E-state index contributed by atoms with van der Waals surface area (Å²) in [4.78, 5) is 25.0. The molecule has 2 unspecified atom stereocenters. The lowest BCUT2D eigenvalue weighted by atomic mass is 10.0. The number of nitrogens with zero attached hydrogens (tertiary/aromatic N) is 1. The predicted molar refractivity (Wildman–Crippen MR) is 222 cm³/mol. The van der Waals surface area contributed by atoms with Crippen LogP contribution in [-0.4, -0.2) is 70.7 Å². The number of esters is 1. The lowest BCUT2D eigenvalue weighted by molar-refractivity contribution is -0.870. The molecular weight excluding hydrogens is 685 g/mol. The molecule has 0 fully saturated rings. The first-order chi connectivity index (χ1) is 25.6. The lowest BCUT2D eigenvalue weighted by Crippen LogP contribution is -2.37. The van der Waals surface area contributed by atoms with Gasteiger partial charge in [0, 0.05) is 13.0 Å². The van der Waals surface area contributed by atoms with Gasteiger partial charge in [-0.2, -0.15) is 0 Å². The molecule has 314 valence electrons. The highest BCUT2D eigenvalue weighted by atomic mass is 31.2. The number of phosphoric ester groups is 1. The second kappa shape index (κ2) is 37.9. The van der Waals surface area contributed by atoms with Crippen molar-refractivity contribution in [3.63, 3.8) is 0 Å². The van der Waals surface area contributed by atoms with Crippen LogP contribution in [0.25, 0.3) is 0 Å². The Morgan fingerprint density at radius 2 is 0.981 bits per heavy atom. The van der Waals surface area contributed by atoms with E-state index in [9.17, 15) is 14.3 Å². The highest BCUT2D eigenvalue weighted by Crippen LogP contribution is 2.38. The molecule has 9 heteroatoms. The predicted octanol–water partition coefficient (Wildman–Crippen LogP) is 12.2. The Morgan fingerprint density at radius 3 is 1.43 bits per heavy atom. The zero-order valence-corrected chi connectivity index (χ0v) is 36.4. The number of rotatable bonds is 41. The molecule has 0 aliphatic carbocycles. The zero-order chi connectivity index (χ0) is 39.1. The maximum atomic E-state index is 12.6. The minimum absolute atomic E-state index is 0.0174. The third-order valence-electron chi connectivity index (χ3n) is 9.49. The lowest BCUT2D eigenvalue weighted by Gasteiger charge is -2.28. The van der Waals surface area contributed by atoms with Gasteiger partial charge in [-0.25, -0.2) is 0 Å². The first-order valence-corrected chi connectivity index (χ1v) is 23.5. The summed E-state index contributed by atoms with van der Waals surface area (Å²) in [5, 5.41) is 0. The largest absolute Gasteiger partial charge is 0.756 e. The monoisotopic (exact) mass is 772 g/mol. The van der Waals surface area contributed by atoms with Gasteiger partial charge in [-0.15, -0.1) is 0 Å². The average molecular weight is 772 g/mol. The summed E-state index contributed by atoms with van der Waals surface area (Å²) in [6.07, 6.45) is 42.1. The Bertz CT molecular complexity index is 905. The van der Waals surface area contributed by atoms with Crippen molar-refractivity contribution in [2.24, 2.45) is 0 Å². The fraction of sp³-hybridized carbons (Fsp3) is 0.886. The van der Waals surface area contributed by atoms with E-state index in [-0.39, 0.29) is 32.2 Å². The van der Waals surface area contributed by atoms with E-state index in [1.807, 2.05) is 27.2 Å². The molecule has 8 nitrogen and oxygen atoms in total. The second-order valence-electron chi connectivity index (χ2n) is 16.0. The average Bonchev–Trinajstić information content (AvgIpc) is 3.11. The van der Waals surface area contributed by atoms with Crippen LogP contribution >= 0.6 is 7.82 Å². The number of phosphoric acid groups is 1. The van der Waals surface area contributed by atoms with E-state index < -0.39 is 13.9 Å². The molecule has 0 saturated heterocycles. The number of hydrogen-bond acceptors (Lipinski definition) is 7. The minimum Gasteiger partial charge on any atom is -0.756 e. The van der Waals surface area contributed by atoms with Crippen LogP contribution < -0.4 is 4.89 Å². The van der Waals surface area contributed by atoms with Crippen LogP contribution in [0.4, 0.5) is 0 Å². The van der Waals surface area contributed by atoms with Crippen LogP contribution in [0.1, 0.15) is 194 Å². The van der Waals surface area contributed by atoms with Crippen molar-refractivity contribution in [3.8, 4) is 0 Å². The van der Waals surface area contributed by atoms with E-state index in [1.54, 1.807) is 0 Å². The van der Waals surface area contributed by atoms with E-state index in [4.69, 9.17) is 18.5 Å². The molecule has 0 aromatic rings. The van der Waals surface area contributed by atoms with Crippen molar-refractivity contribution < 1.29 is 37.3 Å². The molecule has 0 spiro atoms. The van der Waals surface area contributed by atoms with Crippen molar-refractivity contribution in [3.05, 3.63) is 24.3 Å². The molecular formula is C44H86NO7P. The molecule has 0 aromatic heterocycles. The molecule has 0 bridgehead atoms. The number of carbonyl (C=O) groups excluding carboxylic acids is 1. The van der Waals surface area contributed by atoms with Gasteiger partial charge < -0.3 is 27.9 Å². The Morgan fingerprint density at radius 1 is 0.566 bits per heavy atom. The van der Waals surface area contributed by atoms with E-state index >= 15 is 0 Å². The fourth-order valence-electron chi connectivity index (χ4n) is 6.04. The number of hydrogen-bond donors (Lipinski definition) is 0. The van der Waals surface area contributed by atoms with Crippen molar-refractivity contribution in [2.45, 2.75) is 200 Å². The van der Waals surface area contributed by atoms with Crippen molar-refractivity contribution in [1.29, 1.82) is 0 Å². The van der Waals surface area contributed by atoms with E-state index in [1.165, 1.54) is 141 Å². The van der Waals surface area contributed by atoms with E-state index in [0.29, 0.717) is 24.1 Å². The number of quaternary nitrogens is 1. The topological polar surface area (TPSA) is 94.1 Å². The molecule has 0 aliphatic heterocycles. The minimum atomic E-state index is -4.53. The normalized spacial score (nSPS) is 14.0. The van der Waals surface area contributed by atoms with Gasteiger partial charge in [-0.05, 0) is 44.9 Å². The molecule has 0 N–H and O–H groups in total. The Kier molecular flexibility index (Phi) is 37.2. The van der Waals surface area contributed by atoms with Crippen LogP contribution in [0.5, 0.6) is 0 Å². The Labute approximate surface area is 328 Å². The molecule has 0 aliphatic rings. The Hall–Kier alpha value is -1.02. The number of carbonyl (C=O) groups is 1. The van der Waals surface area contributed by atoms with Crippen LogP contribution in [0.15, 0.2) is 24.3 Å². The van der Waals surface area contributed by atoms with Gasteiger partial charge in [0.25, 0.3) is 7.82 Å². The highest BCUT2D eigenvalue weighted by Gasteiger charge is 2.20. The molecule has 0 heterocycles. The maximum absolute atomic E-state index is 12.6. The van der Waals surface area contributed by atoms with Gasteiger partial charge >= 0.3 is 5.97 Å². The zero-order valence-electron chi connectivity index (χ0n) is 35.5. The third-order valence-corrected chi connectivity index (χ3v) is 10.5. The summed E-state index contributed by atoms with van der Waals surface area (Å²) < 4.78 is 34.5. The molecule has 0 amide bonds. The Balaban J connectivity index is 4.29. The first kappa shape index (κ1) is 52.0. The van der Waals surface area contributed by atoms with Crippen LogP contribution in [0.3, 0.4) is 0 Å². The second-order valence-corrected chi connectivity index (χ2v) is 17.5. The van der Waals surface area contributed by atoms with Crippen LogP contribution in [0, 0.1) is 0 Å². The summed E-state index contributed by atoms with van der Waals surface area (Å²) in [5.41, 5.74) is 0. The summed E-state index contributed by atoms with van der Waals surface area (Å²) in [5.74, 6) is -0.390. The van der Waals surface area contributed by atoms with Crippen molar-refractivity contribution in [1.82, 2.24) is 0 Å². The SMILES string of the molecule is CCCCCCCCCCC/C=C\CCCOCC(COP(=O)([O-])OCC[N+](C)(C)C)OC(=O)CC/C=C\CCCCCCCCCCCCCCC. The number of ether oxygens (including phenoxy) is 2. The molecule has 0 rings (SSSR count). The molecule has 53 heavy (non-hydrogen) atoms. The van der Waals surface area contributed by atoms with E-state index in [2.05, 4.69) is 32.1 Å². The van der Waals surface area contributed by atoms with E-state index in [0.717, 1.165) is 25.7 Å². The van der Waals surface area contributed by atoms with Gasteiger partial charge in [0.2, 0.25) is 0 Å². The number of allylic oxidation sites excluding steroid dienone is 4. The molecule has 0 radical (unpaired) electrons. The number of unbranched alkanes of at least 4 members (excludes halogenated alkanes) is 23. The molecule has 0 aromatic carbocycles. The summed E-state index contributed by atoms with van der Waals surface area (Å²) in [6.45, 7) is 5.30. The van der Waals surface area contributed by atoms with Gasteiger partial charge in [0.05, 0.1) is 34.4 Å². The van der Waals surface area contributed by atoms with Gasteiger partial charge in [0.15, 0.2) is 0 Å². The summed E-state index contributed by atoms with van der Waals surface area (Å²) >= 11 is 0. The summed E-state index contributed by atoms with van der Waals surface area (Å²) in [6, 6.07) is 0. The van der Waals surface area contributed by atoms with Gasteiger partial charge in [0.1, 0.15) is 19.3 Å². The quantitative estimate of drug-likeness (QED) is 0.0201. The van der Waals surface area contributed by atoms with Crippen LogP contribution in [-0.2, 0) is 27.9 Å². The fourth-order valence-corrected chi connectivity index (χ4v) is 6.77. The van der Waals surface area contributed by atoms with Gasteiger partial charge in [-0.1, -0.05) is 167 Å². The highest BCUT2D eigenvalue weighted by molar-refractivity contribution is 7.45. The van der Waals surface area contributed by atoms with Crippen molar-refractivity contribution >= 4 is 13.8 Å². The summed E-state index contributed by atoms with van der Waals surface area (Å²) in [7, 11) is 1.33. The first-order valence-electron chi connectivity index (χ1n) is 22.1. The molecule has 0 saturated carbocycles. The molecule has 2 atom stereocenters. The maximum Gasteiger partial charge on any atom is 0.306 e. The number of likely N-dealkylation sites (N-methyl/N-ethyl adjacent to an activating group) is 1.